The first kappa shape index (κ1) is 15.2. The Bertz CT molecular complexity index is 569. The van der Waals surface area contributed by atoms with Gasteiger partial charge in [-0.15, -0.1) is 0 Å². The lowest BCUT2D eigenvalue weighted by atomic mass is 10.1. The number of benzene rings is 2. The Hall–Kier alpha value is -1.22. The molecule has 2 rings (SSSR count). The Morgan fingerprint density at radius 2 is 1.75 bits per heavy atom. The second-order valence-corrected chi connectivity index (χ2v) is 5.44. The lowest BCUT2D eigenvalue weighted by molar-refractivity contribution is 0.306. The number of halogens is 2. The van der Waals surface area contributed by atoms with Crippen LogP contribution in [0.5, 0.6) is 5.75 Å². The van der Waals surface area contributed by atoms with E-state index in [2.05, 4.69) is 6.92 Å². The zero-order valence-corrected chi connectivity index (χ0v) is 12.8. The van der Waals surface area contributed by atoms with Gasteiger partial charge in [0.05, 0.1) is 10.0 Å². The van der Waals surface area contributed by atoms with Gasteiger partial charge in [-0.1, -0.05) is 48.3 Å². The van der Waals surface area contributed by atoms with Crippen LogP contribution in [0.15, 0.2) is 42.5 Å². The SMILES string of the molecule is CCC(N)c1ccc(OCc2ccc(Cl)c(Cl)c2)cc1. The largest absolute Gasteiger partial charge is 0.489 e. The highest BCUT2D eigenvalue weighted by molar-refractivity contribution is 6.42. The fourth-order valence-corrected chi connectivity index (χ4v) is 2.16. The van der Waals surface area contributed by atoms with Crippen molar-refractivity contribution in [1.29, 1.82) is 0 Å². The van der Waals surface area contributed by atoms with Crippen molar-refractivity contribution in [2.24, 2.45) is 5.73 Å². The highest BCUT2D eigenvalue weighted by atomic mass is 35.5. The summed E-state index contributed by atoms with van der Waals surface area (Å²) in [6.07, 6.45) is 0.920. The van der Waals surface area contributed by atoms with E-state index in [0.717, 1.165) is 23.3 Å². The van der Waals surface area contributed by atoms with E-state index >= 15 is 0 Å². The molecule has 0 heterocycles. The van der Waals surface area contributed by atoms with Crippen molar-refractivity contribution in [3.8, 4) is 5.75 Å². The van der Waals surface area contributed by atoms with E-state index in [1.54, 1.807) is 6.07 Å². The molecule has 0 spiro atoms. The van der Waals surface area contributed by atoms with Crippen LogP contribution in [0.1, 0.15) is 30.5 Å². The van der Waals surface area contributed by atoms with Gasteiger partial charge in [0.1, 0.15) is 12.4 Å². The number of ether oxygens (including phenoxy) is 1. The van der Waals surface area contributed by atoms with Gasteiger partial charge in [0.15, 0.2) is 0 Å². The molecule has 1 atom stereocenters. The second-order valence-electron chi connectivity index (χ2n) is 4.62. The van der Waals surface area contributed by atoms with Crippen LogP contribution in [0.3, 0.4) is 0 Å². The van der Waals surface area contributed by atoms with Crippen molar-refractivity contribution in [2.75, 3.05) is 0 Å². The summed E-state index contributed by atoms with van der Waals surface area (Å²) in [6, 6.07) is 13.4. The minimum atomic E-state index is 0.0825. The summed E-state index contributed by atoms with van der Waals surface area (Å²) in [5.74, 6) is 0.808. The Kier molecular flexibility index (Phi) is 5.30. The van der Waals surface area contributed by atoms with Crippen LogP contribution in [-0.2, 0) is 6.61 Å². The number of rotatable bonds is 5. The zero-order valence-electron chi connectivity index (χ0n) is 11.3. The minimum Gasteiger partial charge on any atom is -0.489 e. The lowest BCUT2D eigenvalue weighted by Crippen LogP contribution is -2.08. The van der Waals surface area contributed by atoms with Crippen LogP contribution in [0.2, 0.25) is 10.0 Å². The first-order valence-electron chi connectivity index (χ1n) is 6.52. The van der Waals surface area contributed by atoms with Gasteiger partial charge < -0.3 is 10.5 Å². The quantitative estimate of drug-likeness (QED) is 0.845. The molecule has 2 aromatic rings. The molecule has 0 bridgehead atoms. The first-order chi connectivity index (χ1) is 9.60. The maximum Gasteiger partial charge on any atom is 0.119 e. The van der Waals surface area contributed by atoms with Crippen LogP contribution < -0.4 is 10.5 Å². The summed E-state index contributed by atoms with van der Waals surface area (Å²) in [4.78, 5) is 0. The number of nitrogens with two attached hydrogens (primary N) is 1. The molecule has 4 heteroatoms. The van der Waals surface area contributed by atoms with Crippen LogP contribution >= 0.6 is 23.2 Å². The topological polar surface area (TPSA) is 35.2 Å². The average molecular weight is 310 g/mol. The van der Waals surface area contributed by atoms with Crippen LogP contribution in [0.4, 0.5) is 0 Å². The molecule has 0 saturated carbocycles. The lowest BCUT2D eigenvalue weighted by Gasteiger charge is -2.11. The molecule has 1 unspecified atom stereocenters. The van der Waals surface area contributed by atoms with Crippen molar-refractivity contribution in [3.63, 3.8) is 0 Å². The fourth-order valence-electron chi connectivity index (χ4n) is 1.84. The van der Waals surface area contributed by atoms with Crippen LogP contribution in [0.25, 0.3) is 0 Å². The number of hydrogen-bond donors (Lipinski definition) is 1. The monoisotopic (exact) mass is 309 g/mol. The van der Waals surface area contributed by atoms with E-state index in [1.165, 1.54) is 0 Å². The minimum absolute atomic E-state index is 0.0825. The van der Waals surface area contributed by atoms with Gasteiger partial charge in [0, 0.05) is 6.04 Å². The van der Waals surface area contributed by atoms with Crippen LogP contribution in [0, 0.1) is 0 Å². The molecule has 0 fully saturated rings. The summed E-state index contributed by atoms with van der Waals surface area (Å²) >= 11 is 11.8. The van der Waals surface area contributed by atoms with Gasteiger partial charge in [-0.3, -0.25) is 0 Å². The van der Waals surface area contributed by atoms with E-state index in [4.69, 9.17) is 33.7 Å². The third-order valence-corrected chi connectivity index (χ3v) is 3.88. The van der Waals surface area contributed by atoms with E-state index in [1.807, 2.05) is 36.4 Å². The highest BCUT2D eigenvalue weighted by Gasteiger charge is 2.04. The Balaban J connectivity index is 1.98. The van der Waals surface area contributed by atoms with Crippen molar-refractivity contribution >= 4 is 23.2 Å². The van der Waals surface area contributed by atoms with E-state index in [-0.39, 0.29) is 6.04 Å². The molecule has 0 aromatic heterocycles. The molecule has 2 N–H and O–H groups in total. The first-order valence-corrected chi connectivity index (χ1v) is 7.28. The summed E-state index contributed by atoms with van der Waals surface area (Å²) < 4.78 is 5.71. The molecule has 20 heavy (non-hydrogen) atoms. The molecule has 0 aliphatic heterocycles. The van der Waals surface area contributed by atoms with Gasteiger partial charge in [-0.25, -0.2) is 0 Å². The molecule has 0 aliphatic carbocycles. The standard InChI is InChI=1S/C16H17Cl2NO/c1-2-16(19)12-4-6-13(7-5-12)20-10-11-3-8-14(17)15(18)9-11/h3-9,16H,2,10,19H2,1H3. The molecule has 106 valence electrons. The molecular formula is C16H17Cl2NO. The zero-order chi connectivity index (χ0) is 14.5. The van der Waals surface area contributed by atoms with Gasteiger partial charge >= 0.3 is 0 Å². The molecule has 0 amide bonds. The predicted molar refractivity (Wildman–Crippen MR) is 84.5 cm³/mol. The van der Waals surface area contributed by atoms with Gasteiger partial charge in [0.2, 0.25) is 0 Å². The van der Waals surface area contributed by atoms with Gasteiger partial charge in [0.25, 0.3) is 0 Å². The van der Waals surface area contributed by atoms with E-state index < -0.39 is 0 Å². The fraction of sp³-hybridized carbons (Fsp3) is 0.250. The molecular weight excluding hydrogens is 293 g/mol. The third kappa shape index (κ3) is 3.89. The smallest absolute Gasteiger partial charge is 0.119 e. The maximum absolute atomic E-state index is 5.97. The van der Waals surface area contributed by atoms with E-state index in [0.29, 0.717) is 16.7 Å². The average Bonchev–Trinajstić information content (AvgIpc) is 2.48. The Labute approximate surface area is 129 Å². The summed E-state index contributed by atoms with van der Waals surface area (Å²) in [5, 5.41) is 1.09. The molecule has 0 radical (unpaired) electrons. The van der Waals surface area contributed by atoms with Crippen molar-refractivity contribution < 1.29 is 4.74 Å². The predicted octanol–water partition coefficient (Wildman–Crippen LogP) is 4.98. The summed E-state index contributed by atoms with van der Waals surface area (Å²) in [6.45, 7) is 2.52. The summed E-state index contributed by atoms with van der Waals surface area (Å²) in [7, 11) is 0. The Morgan fingerprint density at radius 3 is 2.35 bits per heavy atom. The van der Waals surface area contributed by atoms with Crippen molar-refractivity contribution in [2.45, 2.75) is 26.0 Å². The normalized spacial score (nSPS) is 12.2. The highest BCUT2D eigenvalue weighted by Crippen LogP contribution is 2.24. The molecule has 0 saturated heterocycles. The second kappa shape index (κ2) is 6.98. The van der Waals surface area contributed by atoms with Crippen molar-refractivity contribution in [1.82, 2.24) is 0 Å². The van der Waals surface area contributed by atoms with Crippen molar-refractivity contribution in [3.05, 3.63) is 63.6 Å². The molecule has 0 aliphatic rings. The molecule has 2 aromatic carbocycles. The van der Waals surface area contributed by atoms with Gasteiger partial charge in [-0.05, 0) is 41.8 Å². The van der Waals surface area contributed by atoms with Gasteiger partial charge in [-0.2, -0.15) is 0 Å². The van der Waals surface area contributed by atoms with Crippen LogP contribution in [-0.4, -0.2) is 0 Å². The third-order valence-electron chi connectivity index (χ3n) is 3.14. The number of hydrogen-bond acceptors (Lipinski definition) is 2. The van der Waals surface area contributed by atoms with E-state index in [9.17, 15) is 0 Å². The maximum atomic E-state index is 5.97. The molecule has 2 nitrogen and oxygen atoms in total. The Morgan fingerprint density at radius 1 is 1.05 bits per heavy atom. The summed E-state index contributed by atoms with van der Waals surface area (Å²) in [5.41, 5.74) is 8.07.